The molecule has 1 amide bonds. The van der Waals surface area contributed by atoms with Crippen LogP contribution in [0.5, 0.6) is 0 Å². The lowest BCUT2D eigenvalue weighted by Gasteiger charge is -2.14. The first-order chi connectivity index (χ1) is 11.8. The molecule has 3 rings (SSSR count). The molecule has 2 aromatic rings. The molecule has 0 spiro atoms. The fourth-order valence-electron chi connectivity index (χ4n) is 2.67. The van der Waals surface area contributed by atoms with Crippen molar-refractivity contribution in [2.75, 3.05) is 6.54 Å². The lowest BCUT2D eigenvalue weighted by Crippen LogP contribution is -2.39. The molecule has 1 aliphatic rings. The van der Waals surface area contributed by atoms with Gasteiger partial charge < -0.3 is 11.1 Å². The van der Waals surface area contributed by atoms with Gasteiger partial charge in [-0.05, 0) is 37.8 Å². The predicted molar refractivity (Wildman–Crippen MR) is 86.3 cm³/mol. The zero-order valence-corrected chi connectivity index (χ0v) is 13.7. The predicted octanol–water partition coefficient (Wildman–Crippen LogP) is 2.67. The first-order valence-corrected chi connectivity index (χ1v) is 8.03. The second-order valence-corrected chi connectivity index (χ2v) is 6.36. The summed E-state index contributed by atoms with van der Waals surface area (Å²) in [6.45, 7) is 1.98. The molecule has 8 heteroatoms. The summed E-state index contributed by atoms with van der Waals surface area (Å²) in [5.74, 6) is -0.473. The van der Waals surface area contributed by atoms with Crippen LogP contribution in [0.1, 0.15) is 34.5 Å². The van der Waals surface area contributed by atoms with Crippen LogP contribution in [0.3, 0.4) is 0 Å². The maximum atomic E-state index is 13.5. The Morgan fingerprint density at radius 3 is 2.56 bits per heavy atom. The summed E-state index contributed by atoms with van der Waals surface area (Å²) < 4.78 is 41.4. The summed E-state index contributed by atoms with van der Waals surface area (Å²) in [5.41, 5.74) is 5.44. The summed E-state index contributed by atoms with van der Waals surface area (Å²) in [4.78, 5) is 12.2. The first kappa shape index (κ1) is 17.5. The van der Waals surface area contributed by atoms with Gasteiger partial charge in [-0.1, -0.05) is 17.7 Å². The van der Waals surface area contributed by atoms with Gasteiger partial charge in [-0.2, -0.15) is 18.3 Å². The highest BCUT2D eigenvalue weighted by Crippen LogP contribution is 2.34. The number of nitrogens with one attached hydrogen (secondary N) is 1. The molecule has 0 aliphatic heterocycles. The molecule has 0 bridgehead atoms. The van der Waals surface area contributed by atoms with Gasteiger partial charge in [-0.3, -0.25) is 4.79 Å². The molecule has 1 unspecified atom stereocenters. The second-order valence-electron chi connectivity index (χ2n) is 6.36. The average molecular weight is 352 g/mol. The number of amides is 1. The molecular formula is C17H19F3N4O. The number of hydrogen-bond donors (Lipinski definition) is 2. The van der Waals surface area contributed by atoms with Crippen molar-refractivity contribution >= 4 is 5.91 Å². The maximum absolute atomic E-state index is 13.5. The van der Waals surface area contributed by atoms with Crippen molar-refractivity contribution in [3.63, 3.8) is 0 Å². The van der Waals surface area contributed by atoms with E-state index in [9.17, 15) is 18.0 Å². The maximum Gasteiger partial charge on any atom is 0.434 e. The fraction of sp³-hybridized carbons (Fsp3) is 0.412. The van der Waals surface area contributed by atoms with Gasteiger partial charge in [-0.15, -0.1) is 0 Å². The van der Waals surface area contributed by atoms with Crippen LogP contribution in [-0.4, -0.2) is 28.3 Å². The fourth-order valence-corrected chi connectivity index (χ4v) is 2.67. The molecule has 0 radical (unpaired) electrons. The summed E-state index contributed by atoms with van der Waals surface area (Å²) in [6, 6.07) is 6.20. The smallest absolute Gasteiger partial charge is 0.350 e. The number of aromatic nitrogens is 2. The molecule has 5 nitrogen and oxygen atoms in total. The van der Waals surface area contributed by atoms with E-state index >= 15 is 0 Å². The highest BCUT2D eigenvalue weighted by atomic mass is 19.4. The Morgan fingerprint density at radius 2 is 2.00 bits per heavy atom. The number of nitrogens with two attached hydrogens (primary N) is 1. The molecule has 3 N–H and O–H groups in total. The molecule has 1 aromatic carbocycles. The summed E-state index contributed by atoms with van der Waals surface area (Å²) >= 11 is 0. The van der Waals surface area contributed by atoms with Gasteiger partial charge in [0.05, 0.1) is 17.4 Å². The third kappa shape index (κ3) is 3.84. The van der Waals surface area contributed by atoms with Crippen molar-refractivity contribution < 1.29 is 18.0 Å². The van der Waals surface area contributed by atoms with Crippen molar-refractivity contribution in [1.82, 2.24) is 15.1 Å². The summed E-state index contributed by atoms with van der Waals surface area (Å²) in [5, 5.41) is 6.27. The van der Waals surface area contributed by atoms with Gasteiger partial charge >= 0.3 is 6.18 Å². The average Bonchev–Trinajstić information content (AvgIpc) is 3.30. The van der Waals surface area contributed by atoms with Crippen molar-refractivity contribution in [3.05, 3.63) is 47.3 Å². The quantitative estimate of drug-likeness (QED) is 0.869. The van der Waals surface area contributed by atoms with E-state index in [4.69, 9.17) is 5.73 Å². The van der Waals surface area contributed by atoms with Crippen molar-refractivity contribution in [3.8, 4) is 5.69 Å². The van der Waals surface area contributed by atoms with E-state index in [1.165, 1.54) is 12.1 Å². The molecule has 1 fully saturated rings. The van der Waals surface area contributed by atoms with Crippen LogP contribution >= 0.6 is 0 Å². The first-order valence-electron chi connectivity index (χ1n) is 8.03. The molecule has 1 aromatic heterocycles. The van der Waals surface area contributed by atoms with Crippen LogP contribution in [0, 0.1) is 12.8 Å². The molecule has 1 aliphatic carbocycles. The number of aryl methyl sites for hydroxylation is 1. The lowest BCUT2D eigenvalue weighted by molar-refractivity contribution is -0.143. The molecule has 0 saturated heterocycles. The van der Waals surface area contributed by atoms with Gasteiger partial charge in [0.1, 0.15) is 0 Å². The van der Waals surface area contributed by atoms with Crippen LogP contribution < -0.4 is 11.1 Å². The van der Waals surface area contributed by atoms with Gasteiger partial charge in [-0.25, -0.2) is 4.68 Å². The second kappa shape index (κ2) is 6.51. The normalized spacial score (nSPS) is 15.9. The zero-order chi connectivity index (χ0) is 18.2. The summed E-state index contributed by atoms with van der Waals surface area (Å²) in [6.07, 6.45) is -1.78. The Kier molecular flexibility index (Phi) is 4.55. The number of carbonyl (C=O) groups excluding carboxylic acids is 1. The zero-order valence-electron chi connectivity index (χ0n) is 13.7. The topological polar surface area (TPSA) is 72.9 Å². The number of nitrogens with zero attached hydrogens (tertiary/aromatic N) is 2. The Balaban J connectivity index is 1.88. The summed E-state index contributed by atoms with van der Waals surface area (Å²) in [7, 11) is 0. The van der Waals surface area contributed by atoms with Crippen molar-refractivity contribution in [2.24, 2.45) is 11.7 Å². The van der Waals surface area contributed by atoms with E-state index in [0.717, 1.165) is 29.3 Å². The van der Waals surface area contributed by atoms with E-state index in [-0.39, 0.29) is 18.3 Å². The highest BCUT2D eigenvalue weighted by Gasteiger charge is 2.40. The number of halogens is 3. The monoisotopic (exact) mass is 352 g/mol. The minimum atomic E-state index is -4.72. The van der Waals surface area contributed by atoms with E-state index in [0.29, 0.717) is 5.92 Å². The molecule has 25 heavy (non-hydrogen) atoms. The van der Waals surface area contributed by atoms with Gasteiger partial charge in [0, 0.05) is 12.6 Å². The van der Waals surface area contributed by atoms with Crippen molar-refractivity contribution in [1.29, 1.82) is 0 Å². The van der Waals surface area contributed by atoms with Gasteiger partial charge in [0.15, 0.2) is 5.69 Å². The van der Waals surface area contributed by atoms with Crippen LogP contribution in [0.4, 0.5) is 13.2 Å². The molecular weight excluding hydrogens is 333 g/mol. The van der Waals surface area contributed by atoms with E-state index in [2.05, 4.69) is 10.4 Å². The molecule has 1 atom stereocenters. The highest BCUT2D eigenvalue weighted by molar-refractivity contribution is 5.95. The Labute approximate surface area is 143 Å². The third-order valence-corrected chi connectivity index (χ3v) is 4.29. The molecule has 134 valence electrons. The standard InChI is InChI=1S/C17H19F3N4O/c1-10-2-6-12(7-3-10)24-15(17(18,19)20)13(8-23-24)16(25)22-9-14(21)11-4-5-11/h2-3,6-8,11,14H,4-5,9,21H2,1H3,(H,22,25). The van der Waals surface area contributed by atoms with E-state index in [1.54, 1.807) is 12.1 Å². The molecule has 1 saturated carbocycles. The molecule has 1 heterocycles. The Bertz CT molecular complexity index is 763. The van der Waals surface area contributed by atoms with Crippen LogP contribution in [-0.2, 0) is 6.18 Å². The Hall–Kier alpha value is -2.35. The SMILES string of the molecule is Cc1ccc(-n2ncc(C(=O)NCC(N)C3CC3)c2C(F)(F)F)cc1. The number of hydrogen-bond acceptors (Lipinski definition) is 3. The number of rotatable bonds is 5. The largest absolute Gasteiger partial charge is 0.434 e. The van der Waals surface area contributed by atoms with Crippen LogP contribution in [0.25, 0.3) is 5.69 Å². The van der Waals surface area contributed by atoms with E-state index < -0.39 is 23.3 Å². The van der Waals surface area contributed by atoms with Crippen LogP contribution in [0.15, 0.2) is 30.5 Å². The van der Waals surface area contributed by atoms with E-state index in [1.807, 2.05) is 6.92 Å². The minimum absolute atomic E-state index is 0.149. The lowest BCUT2D eigenvalue weighted by atomic mass is 10.1. The van der Waals surface area contributed by atoms with Crippen molar-refractivity contribution in [2.45, 2.75) is 32.0 Å². The Morgan fingerprint density at radius 1 is 1.36 bits per heavy atom. The van der Waals surface area contributed by atoms with Crippen LogP contribution in [0.2, 0.25) is 0 Å². The van der Waals surface area contributed by atoms with Gasteiger partial charge in [0.2, 0.25) is 0 Å². The van der Waals surface area contributed by atoms with Gasteiger partial charge in [0.25, 0.3) is 5.91 Å². The number of alkyl halides is 3. The number of benzene rings is 1. The minimum Gasteiger partial charge on any atom is -0.350 e. The third-order valence-electron chi connectivity index (χ3n) is 4.29. The number of carbonyl (C=O) groups is 1.